The van der Waals surface area contributed by atoms with E-state index in [1.54, 1.807) is 0 Å². The summed E-state index contributed by atoms with van der Waals surface area (Å²) in [4.78, 5) is 14.4. The molecule has 1 heterocycles. The number of hydrogen-bond donors (Lipinski definition) is 0. The number of rotatable bonds is 4. The molecule has 0 aliphatic carbocycles. The van der Waals surface area contributed by atoms with Crippen LogP contribution >= 0.6 is 43.6 Å². The van der Waals surface area contributed by atoms with Gasteiger partial charge in [0.05, 0.1) is 9.38 Å². The van der Waals surface area contributed by atoms with Gasteiger partial charge in [0.15, 0.2) is 0 Å². The molecule has 0 atom stereocenters. The molecule has 1 aliphatic heterocycles. The number of allylic oxidation sites excluding steroid dienone is 1. The Balaban J connectivity index is 1.68. The molecule has 0 N–H and O–H groups in total. The summed E-state index contributed by atoms with van der Waals surface area (Å²) in [7, 11) is 0. The Hall–Kier alpha value is -1.82. The first kappa shape index (κ1) is 18.5. The second kappa shape index (κ2) is 8.05. The zero-order valence-electron chi connectivity index (χ0n) is 14.1. The molecule has 0 fully saturated rings. The molecule has 27 heavy (non-hydrogen) atoms. The topological polar surface area (TPSA) is 26.3 Å². The third kappa shape index (κ3) is 4.05. The molecule has 0 radical (unpaired) electrons. The van der Waals surface area contributed by atoms with Gasteiger partial charge in [-0.1, -0.05) is 70.2 Å². The van der Waals surface area contributed by atoms with Crippen molar-refractivity contribution in [1.82, 2.24) is 0 Å². The maximum Gasteiger partial charge on any atom is 0.200 e. The van der Waals surface area contributed by atoms with Crippen LogP contribution in [0.2, 0.25) is 0 Å². The fourth-order valence-electron chi connectivity index (χ4n) is 2.85. The molecule has 4 rings (SSSR count). The quantitative estimate of drug-likeness (QED) is 0.356. The number of carbonyl (C=O) groups is 1. The molecule has 0 amide bonds. The predicted molar refractivity (Wildman–Crippen MR) is 117 cm³/mol. The van der Waals surface area contributed by atoms with Crippen LogP contribution in [0.25, 0.3) is 6.08 Å². The average Bonchev–Trinajstić information content (AvgIpc) is 2.98. The third-order valence-corrected chi connectivity index (χ3v) is 6.27. The molecule has 0 aromatic heterocycles. The van der Waals surface area contributed by atoms with Crippen molar-refractivity contribution >= 4 is 55.5 Å². The number of fused-ring (bicyclic) bond motifs is 1. The van der Waals surface area contributed by atoms with Crippen molar-refractivity contribution in [3.63, 3.8) is 0 Å². The predicted octanol–water partition coefficient (Wildman–Crippen LogP) is 7.12. The molecule has 5 heteroatoms. The molecule has 0 saturated carbocycles. The van der Waals surface area contributed by atoms with Crippen molar-refractivity contribution < 1.29 is 9.53 Å². The van der Waals surface area contributed by atoms with Crippen LogP contribution in [0, 0.1) is 0 Å². The Kier molecular flexibility index (Phi) is 5.53. The van der Waals surface area contributed by atoms with Crippen LogP contribution < -0.4 is 4.74 Å². The molecule has 0 bridgehead atoms. The molecular formula is C22H14Br2O2S. The minimum Gasteiger partial charge on any atom is -0.487 e. The Morgan fingerprint density at radius 3 is 2.48 bits per heavy atom. The van der Waals surface area contributed by atoms with Gasteiger partial charge < -0.3 is 4.74 Å². The fraction of sp³-hybridized carbons (Fsp3) is 0.0455. The summed E-state index contributed by atoms with van der Waals surface area (Å²) in [6, 6.07) is 21.6. The molecule has 3 aromatic carbocycles. The van der Waals surface area contributed by atoms with Crippen LogP contribution in [0.1, 0.15) is 21.5 Å². The van der Waals surface area contributed by atoms with Crippen LogP contribution in [-0.2, 0) is 6.61 Å². The van der Waals surface area contributed by atoms with E-state index in [9.17, 15) is 4.79 Å². The van der Waals surface area contributed by atoms with Gasteiger partial charge in [-0.2, -0.15) is 0 Å². The van der Waals surface area contributed by atoms with E-state index in [2.05, 4.69) is 31.9 Å². The summed E-state index contributed by atoms with van der Waals surface area (Å²) in [6.07, 6.45) is 1.91. The van der Waals surface area contributed by atoms with Gasteiger partial charge in [0, 0.05) is 20.5 Å². The minimum absolute atomic E-state index is 0.0562. The average molecular weight is 502 g/mol. The molecule has 0 spiro atoms. The second-order valence-corrected chi connectivity index (χ2v) is 8.87. The van der Waals surface area contributed by atoms with Crippen LogP contribution in [-0.4, -0.2) is 5.78 Å². The first-order valence-corrected chi connectivity index (χ1v) is 10.7. The molecule has 1 aliphatic rings. The fourth-order valence-corrected chi connectivity index (χ4v) is 5.26. The standard InChI is InChI=1S/C22H14Br2O2S/c23-16-10-15(11-20-21(25)17-8-4-5-9-19(17)27-20)22(18(24)12-16)26-13-14-6-2-1-3-7-14/h1-12H,13H2. The SMILES string of the molecule is O=C1C(=Cc2cc(Br)cc(Br)c2OCc2ccccc2)Sc2ccccc21. The monoisotopic (exact) mass is 500 g/mol. The lowest BCUT2D eigenvalue weighted by Crippen LogP contribution is -1.99. The van der Waals surface area contributed by atoms with Crippen LogP contribution in [0.15, 0.2) is 85.5 Å². The van der Waals surface area contributed by atoms with Gasteiger partial charge in [-0.15, -0.1) is 0 Å². The lowest BCUT2D eigenvalue weighted by Gasteiger charge is -2.13. The van der Waals surface area contributed by atoms with Crippen LogP contribution in [0.3, 0.4) is 0 Å². The lowest BCUT2D eigenvalue weighted by molar-refractivity contribution is 0.104. The van der Waals surface area contributed by atoms with Crippen molar-refractivity contribution in [2.24, 2.45) is 0 Å². The number of ether oxygens (including phenoxy) is 1. The number of benzene rings is 3. The first-order valence-electron chi connectivity index (χ1n) is 8.31. The highest BCUT2D eigenvalue weighted by Gasteiger charge is 2.25. The zero-order valence-corrected chi connectivity index (χ0v) is 18.1. The first-order chi connectivity index (χ1) is 13.1. The van der Waals surface area contributed by atoms with E-state index >= 15 is 0 Å². The van der Waals surface area contributed by atoms with Crippen LogP contribution in [0.5, 0.6) is 5.75 Å². The van der Waals surface area contributed by atoms with Gasteiger partial charge >= 0.3 is 0 Å². The van der Waals surface area contributed by atoms with Crippen molar-refractivity contribution in [2.75, 3.05) is 0 Å². The van der Waals surface area contributed by atoms with E-state index < -0.39 is 0 Å². The highest BCUT2D eigenvalue weighted by Crippen LogP contribution is 2.43. The van der Waals surface area contributed by atoms with Crippen molar-refractivity contribution in [1.29, 1.82) is 0 Å². The maximum absolute atomic E-state index is 12.7. The number of Topliss-reactive ketones (excluding diaryl/α,β-unsaturated/α-hetero) is 1. The largest absolute Gasteiger partial charge is 0.487 e. The Morgan fingerprint density at radius 2 is 1.70 bits per heavy atom. The van der Waals surface area contributed by atoms with Gasteiger partial charge in [0.25, 0.3) is 0 Å². The van der Waals surface area contributed by atoms with Gasteiger partial charge in [-0.05, 0) is 51.8 Å². The number of carbonyl (C=O) groups excluding carboxylic acids is 1. The summed E-state index contributed by atoms with van der Waals surface area (Å²) in [6.45, 7) is 0.457. The summed E-state index contributed by atoms with van der Waals surface area (Å²) in [5.74, 6) is 0.777. The van der Waals surface area contributed by atoms with E-state index in [0.717, 1.165) is 36.3 Å². The smallest absolute Gasteiger partial charge is 0.200 e. The van der Waals surface area contributed by atoms with Gasteiger partial charge in [0.2, 0.25) is 5.78 Å². The Labute approximate surface area is 178 Å². The minimum atomic E-state index is 0.0562. The molecule has 2 nitrogen and oxygen atoms in total. The van der Waals surface area contributed by atoms with E-state index in [-0.39, 0.29) is 5.78 Å². The number of hydrogen-bond acceptors (Lipinski definition) is 3. The third-order valence-electron chi connectivity index (χ3n) is 4.13. The maximum atomic E-state index is 12.7. The van der Waals surface area contributed by atoms with Gasteiger partial charge in [-0.25, -0.2) is 0 Å². The number of ketones is 1. The summed E-state index contributed by atoms with van der Waals surface area (Å²) in [5.41, 5.74) is 2.70. The summed E-state index contributed by atoms with van der Waals surface area (Å²) < 4.78 is 7.86. The van der Waals surface area contributed by atoms with E-state index in [4.69, 9.17) is 4.74 Å². The van der Waals surface area contributed by atoms with Crippen molar-refractivity contribution in [3.05, 3.63) is 97.3 Å². The second-order valence-electron chi connectivity index (χ2n) is 6.02. The molecule has 0 saturated heterocycles. The summed E-state index contributed by atoms with van der Waals surface area (Å²) in [5, 5.41) is 0. The zero-order chi connectivity index (χ0) is 18.8. The Morgan fingerprint density at radius 1 is 0.963 bits per heavy atom. The normalized spacial score (nSPS) is 14.4. The molecule has 3 aromatic rings. The lowest BCUT2D eigenvalue weighted by atomic mass is 10.1. The van der Waals surface area contributed by atoms with Gasteiger partial charge in [-0.3, -0.25) is 4.79 Å². The molecular weight excluding hydrogens is 488 g/mol. The number of halogens is 2. The summed E-state index contributed by atoms with van der Waals surface area (Å²) >= 11 is 8.62. The number of thioether (sulfide) groups is 1. The van der Waals surface area contributed by atoms with E-state index in [0.29, 0.717) is 11.5 Å². The Bertz CT molecular complexity index is 1050. The molecule has 0 unspecified atom stereocenters. The van der Waals surface area contributed by atoms with Crippen LogP contribution in [0.4, 0.5) is 0 Å². The van der Waals surface area contributed by atoms with E-state index in [1.807, 2.05) is 72.8 Å². The highest BCUT2D eigenvalue weighted by atomic mass is 79.9. The van der Waals surface area contributed by atoms with E-state index in [1.165, 1.54) is 11.8 Å². The van der Waals surface area contributed by atoms with Gasteiger partial charge in [0.1, 0.15) is 12.4 Å². The van der Waals surface area contributed by atoms with Crippen molar-refractivity contribution in [3.8, 4) is 5.75 Å². The highest BCUT2D eigenvalue weighted by molar-refractivity contribution is 9.11. The molecule has 134 valence electrons. The van der Waals surface area contributed by atoms with Crippen molar-refractivity contribution in [2.45, 2.75) is 11.5 Å².